The van der Waals surface area contributed by atoms with Crippen LogP contribution in [0.4, 0.5) is 0 Å². The highest BCUT2D eigenvalue weighted by molar-refractivity contribution is 5.96. The number of carbonyl (C=O) groups excluding carboxylic acids is 4. The van der Waals surface area contributed by atoms with Crippen LogP contribution in [0.15, 0.2) is 120 Å². The van der Waals surface area contributed by atoms with E-state index in [1.807, 2.05) is 91.8 Å². The van der Waals surface area contributed by atoms with Crippen LogP contribution in [-0.4, -0.2) is 123 Å². The maximum absolute atomic E-state index is 13.7. The summed E-state index contributed by atoms with van der Waals surface area (Å²) in [5.41, 5.74) is 6.52. The third-order valence-corrected chi connectivity index (χ3v) is 32.3. The number of carbonyl (C=O) groups is 4. The standard InChI is InChI=1S/2C46H64O8/c2*1-27-11-15-35-43(7,20-17-37-45(35,9)25-50-41(3,4)53-37)32(27)14-13-29-23-34(52-39(29)47)31(30-19-22-49-40(30)48)24-33-28(2)12-16-36-44(33,8)21-18-38-46(36,10)26-51-42(5,6)54-38/h2*13-14,19,23,31-38H,1-2,11-12,15-18,20-22,24-26H2,3-10H3/b2*14-13+/t2*31-,32+,33+,34+,35-,36-,37+,38+,43-,44-,45-,46-/m00/s1. The monoisotopic (exact) mass is 1490 g/mol. The largest absolute Gasteiger partial charge is 0.458 e. The Morgan fingerprint density at radius 3 is 0.963 bits per heavy atom. The number of cyclic esters (lactones) is 4. The van der Waals surface area contributed by atoms with Crippen LogP contribution < -0.4 is 0 Å². The first-order chi connectivity index (χ1) is 50.6. The SMILES string of the molecule is C=C1CC[C@@H]2[C@]3(C)COC(C)(C)O[C@@H]3CC[C@@]2(C)[C@@H]1/C=C/C1=C[C@H]([C@@H](C[C@@H]2C(=C)CC[C@@H]3[C@]4(C)COC(C)(C)O[C@@H]4CC[C@]32C)C2=CCOC2=O)OC1=O.C=C1CC[C@@H]2[C@]3(C)COC(C)(C)O[C@@H]3CC[C@@]2(C)[C@@H]1/C=C/C1=C[C@H]([C@@H](C[C@@H]2C(=C)CC[C@@H]3[C@]4(C)COC(C)(C)O[C@@H]4CC[C@]32C)C2=CCOC2=O)OC1=O. The van der Waals surface area contributed by atoms with E-state index in [1.54, 1.807) is 0 Å². The van der Waals surface area contributed by atoms with Gasteiger partial charge in [-0.15, -0.1) is 0 Å². The molecule has 0 spiro atoms. The lowest BCUT2D eigenvalue weighted by atomic mass is 9.45. The molecule has 0 aromatic carbocycles. The Morgan fingerprint density at radius 1 is 0.380 bits per heavy atom. The molecule has 8 aliphatic carbocycles. The molecule has 0 amide bonds. The molecule has 8 saturated carbocycles. The number of fused-ring (bicyclic) bond motifs is 12. The second-order valence-electron chi connectivity index (χ2n) is 40.3. The molecule has 16 rings (SSSR count). The van der Waals surface area contributed by atoms with Crippen LogP contribution in [-0.2, 0) is 76.0 Å². The first-order valence-electron chi connectivity index (χ1n) is 41.5. The highest BCUT2D eigenvalue weighted by atomic mass is 16.7. The summed E-state index contributed by atoms with van der Waals surface area (Å²) in [6.45, 7) is 56.8. The van der Waals surface area contributed by atoms with Crippen molar-refractivity contribution in [2.45, 2.75) is 286 Å². The highest BCUT2D eigenvalue weighted by Gasteiger charge is 2.67. The van der Waals surface area contributed by atoms with Gasteiger partial charge in [-0.25, -0.2) is 19.2 Å². The summed E-state index contributed by atoms with van der Waals surface area (Å²) in [6, 6.07) is 0. The molecule has 0 bridgehead atoms. The molecule has 24 atom stereocenters. The van der Waals surface area contributed by atoms with Crippen molar-refractivity contribution in [2.75, 3.05) is 39.6 Å². The second kappa shape index (κ2) is 27.3. The lowest BCUT2D eigenvalue weighted by molar-refractivity contribution is -0.344. The molecule has 592 valence electrons. The Morgan fingerprint density at radius 2 is 0.667 bits per heavy atom. The van der Waals surface area contributed by atoms with Crippen molar-refractivity contribution in [1.82, 2.24) is 0 Å². The van der Waals surface area contributed by atoms with Gasteiger partial charge in [-0.05, 0) is 252 Å². The summed E-state index contributed by atoms with van der Waals surface area (Å²) >= 11 is 0. The van der Waals surface area contributed by atoms with Gasteiger partial charge in [0.25, 0.3) is 0 Å². The van der Waals surface area contributed by atoms with Crippen LogP contribution in [0, 0.1) is 102 Å². The van der Waals surface area contributed by atoms with Crippen molar-refractivity contribution in [3.05, 3.63) is 120 Å². The molecule has 8 aliphatic heterocycles. The van der Waals surface area contributed by atoms with E-state index >= 15 is 0 Å². The van der Waals surface area contributed by atoms with Gasteiger partial charge >= 0.3 is 23.9 Å². The van der Waals surface area contributed by atoms with Crippen LogP contribution >= 0.6 is 0 Å². The van der Waals surface area contributed by atoms with Gasteiger partial charge in [-0.3, -0.25) is 0 Å². The smallest absolute Gasteiger partial charge is 0.338 e. The Kier molecular flexibility index (Phi) is 19.8. The molecule has 16 nitrogen and oxygen atoms in total. The van der Waals surface area contributed by atoms with Gasteiger partial charge in [0.15, 0.2) is 23.1 Å². The normalized spacial score (nSPS) is 46.0. The molecule has 0 aromatic rings. The van der Waals surface area contributed by atoms with Gasteiger partial charge in [-0.2, -0.15) is 0 Å². The summed E-state index contributed by atoms with van der Waals surface area (Å²) in [4.78, 5) is 54.0. The van der Waals surface area contributed by atoms with Crippen LogP contribution in [0.25, 0.3) is 0 Å². The molecule has 16 heteroatoms. The summed E-state index contributed by atoms with van der Waals surface area (Å²) in [6.07, 6.45) is 32.6. The van der Waals surface area contributed by atoms with Crippen molar-refractivity contribution in [2.24, 2.45) is 102 Å². The molecule has 0 N–H and O–H groups in total. The van der Waals surface area contributed by atoms with Crippen molar-refractivity contribution in [1.29, 1.82) is 0 Å². The third-order valence-electron chi connectivity index (χ3n) is 32.3. The fraction of sp³-hybridized carbons (Fsp3) is 0.739. The lowest BCUT2D eigenvalue weighted by Crippen LogP contribution is -2.63. The number of esters is 4. The van der Waals surface area contributed by atoms with E-state index in [-0.39, 0.29) is 140 Å². The molecular formula is C92H128O16. The lowest BCUT2D eigenvalue weighted by Gasteiger charge is -2.63. The minimum absolute atomic E-state index is 0.0398. The van der Waals surface area contributed by atoms with E-state index in [1.165, 1.54) is 22.3 Å². The molecule has 8 heterocycles. The van der Waals surface area contributed by atoms with Gasteiger partial charge in [0.05, 0.1) is 62.0 Å². The van der Waals surface area contributed by atoms with E-state index in [4.69, 9.17) is 56.8 Å². The molecular weight excluding hydrogens is 1360 g/mol. The van der Waals surface area contributed by atoms with Crippen molar-refractivity contribution >= 4 is 23.9 Å². The number of rotatable bonds is 12. The van der Waals surface area contributed by atoms with Crippen LogP contribution in [0.1, 0.15) is 226 Å². The zero-order valence-electron chi connectivity index (χ0n) is 68.2. The quantitative estimate of drug-likeness (QED) is 0.102. The predicted molar refractivity (Wildman–Crippen MR) is 411 cm³/mol. The van der Waals surface area contributed by atoms with Crippen molar-refractivity contribution in [3.8, 4) is 0 Å². The van der Waals surface area contributed by atoms with Gasteiger partial charge in [0, 0.05) is 56.5 Å². The van der Waals surface area contributed by atoms with E-state index in [0.717, 1.165) is 103 Å². The maximum Gasteiger partial charge on any atom is 0.338 e. The number of hydrogen-bond acceptors (Lipinski definition) is 16. The van der Waals surface area contributed by atoms with Crippen LogP contribution in [0.5, 0.6) is 0 Å². The first-order valence-corrected chi connectivity index (χ1v) is 41.5. The summed E-state index contributed by atoms with van der Waals surface area (Å²) in [5, 5.41) is 0. The summed E-state index contributed by atoms with van der Waals surface area (Å²) < 4.78 is 74.8. The van der Waals surface area contributed by atoms with Crippen molar-refractivity contribution in [3.63, 3.8) is 0 Å². The van der Waals surface area contributed by atoms with Gasteiger partial charge in [0.1, 0.15) is 25.4 Å². The topological polar surface area (TPSA) is 179 Å². The van der Waals surface area contributed by atoms with E-state index in [9.17, 15) is 19.2 Å². The molecule has 16 aliphatic rings. The van der Waals surface area contributed by atoms with Gasteiger partial charge in [0.2, 0.25) is 0 Å². The Balaban J connectivity index is 0.000000172. The number of ether oxygens (including phenoxy) is 12. The zero-order valence-corrected chi connectivity index (χ0v) is 68.2. The van der Waals surface area contributed by atoms with Crippen molar-refractivity contribution < 1.29 is 76.0 Å². The number of hydrogen-bond donors (Lipinski definition) is 0. The number of allylic oxidation sites excluding steroid dienone is 6. The Labute approximate surface area is 644 Å². The molecule has 4 saturated heterocycles. The average molecular weight is 1490 g/mol. The van der Waals surface area contributed by atoms with E-state index in [2.05, 4.69) is 93.9 Å². The molecule has 12 fully saturated rings. The van der Waals surface area contributed by atoms with Gasteiger partial charge in [-0.1, -0.05) is 128 Å². The minimum atomic E-state index is -0.584. The summed E-state index contributed by atoms with van der Waals surface area (Å²) in [5.74, 6) is -2.30. The fourth-order valence-corrected chi connectivity index (χ4v) is 26.4. The Bertz CT molecular complexity index is 3650. The first kappa shape index (κ1) is 78.2. The fourth-order valence-electron chi connectivity index (χ4n) is 26.4. The van der Waals surface area contributed by atoms with Gasteiger partial charge < -0.3 is 56.8 Å². The maximum atomic E-state index is 13.7. The third kappa shape index (κ3) is 13.2. The highest BCUT2D eigenvalue weighted by Crippen LogP contribution is 2.69. The Hall–Kier alpha value is -5.04. The molecule has 108 heavy (non-hydrogen) atoms. The minimum Gasteiger partial charge on any atom is -0.458 e. The average Bonchev–Trinajstić information content (AvgIpc) is 0.734. The second-order valence-corrected chi connectivity index (χ2v) is 40.3. The molecule has 0 unspecified atom stereocenters. The molecule has 0 aromatic heterocycles. The van der Waals surface area contributed by atoms with Crippen LogP contribution in [0.2, 0.25) is 0 Å². The predicted octanol–water partition coefficient (Wildman–Crippen LogP) is 17.9. The van der Waals surface area contributed by atoms with Crippen LogP contribution in [0.3, 0.4) is 0 Å². The molecule has 0 radical (unpaired) electrons. The summed E-state index contributed by atoms with van der Waals surface area (Å²) in [7, 11) is 0. The van der Waals surface area contributed by atoms with E-state index < -0.39 is 35.4 Å². The zero-order chi connectivity index (χ0) is 77.3. The van der Waals surface area contributed by atoms with E-state index in [0.29, 0.717) is 85.2 Å².